The molecule has 0 unspecified atom stereocenters. The predicted octanol–water partition coefficient (Wildman–Crippen LogP) is 2.50. The van der Waals surface area contributed by atoms with E-state index in [1.807, 2.05) is 30.3 Å². The normalized spacial score (nSPS) is 14.2. The van der Waals surface area contributed by atoms with Crippen molar-refractivity contribution in [2.45, 2.75) is 39.0 Å². The zero-order chi connectivity index (χ0) is 24.1. The van der Waals surface area contributed by atoms with Crippen molar-refractivity contribution in [2.24, 2.45) is 0 Å². The summed E-state index contributed by atoms with van der Waals surface area (Å²) in [4.78, 5) is 39.9. The maximum atomic E-state index is 13.1. The Kier molecular flexibility index (Phi) is 7.01. The van der Waals surface area contributed by atoms with Gasteiger partial charge in [0.05, 0.1) is 0 Å². The zero-order valence-electron chi connectivity index (χ0n) is 18.8. The highest BCUT2D eigenvalue weighted by molar-refractivity contribution is 5.99. The summed E-state index contributed by atoms with van der Waals surface area (Å²) in [6, 6.07) is 16.2. The summed E-state index contributed by atoms with van der Waals surface area (Å²) in [6.07, 6.45) is 0.719. The van der Waals surface area contributed by atoms with Gasteiger partial charge in [-0.3, -0.25) is 19.1 Å². The second-order valence-electron chi connectivity index (χ2n) is 8.24. The SMILES string of the molecule is C[C@H](NC(=O)c1cc2n(n1)CCCN(Cc1ccccc1)C2=O)C(=O)NCc1ccc(F)cc1. The molecule has 1 aliphatic rings. The van der Waals surface area contributed by atoms with Crippen molar-refractivity contribution in [3.8, 4) is 0 Å². The molecule has 1 aromatic heterocycles. The summed E-state index contributed by atoms with van der Waals surface area (Å²) in [6.45, 7) is 3.38. The third-order valence-corrected chi connectivity index (χ3v) is 5.65. The zero-order valence-corrected chi connectivity index (χ0v) is 18.8. The number of nitrogens with one attached hydrogen (secondary N) is 2. The summed E-state index contributed by atoms with van der Waals surface area (Å²) < 4.78 is 14.6. The second-order valence-corrected chi connectivity index (χ2v) is 8.24. The number of amides is 3. The van der Waals surface area contributed by atoms with E-state index in [0.717, 1.165) is 17.5 Å². The quantitative estimate of drug-likeness (QED) is 0.563. The molecule has 0 saturated carbocycles. The molecule has 9 heteroatoms. The van der Waals surface area contributed by atoms with Crippen molar-refractivity contribution in [3.05, 3.63) is 89.0 Å². The van der Waals surface area contributed by atoms with Crippen LogP contribution in [0.3, 0.4) is 0 Å². The van der Waals surface area contributed by atoms with Crippen LogP contribution in [-0.4, -0.2) is 45.0 Å². The topological polar surface area (TPSA) is 96.3 Å². The van der Waals surface area contributed by atoms with Gasteiger partial charge >= 0.3 is 0 Å². The van der Waals surface area contributed by atoms with Crippen LogP contribution in [0.25, 0.3) is 0 Å². The molecule has 0 aliphatic carbocycles. The number of hydrogen-bond acceptors (Lipinski definition) is 4. The third-order valence-electron chi connectivity index (χ3n) is 5.65. The minimum absolute atomic E-state index is 0.0862. The van der Waals surface area contributed by atoms with Gasteiger partial charge in [0, 0.05) is 32.2 Å². The van der Waals surface area contributed by atoms with E-state index in [2.05, 4.69) is 15.7 Å². The number of aromatic nitrogens is 2. The molecule has 0 saturated heterocycles. The monoisotopic (exact) mass is 463 g/mol. The van der Waals surface area contributed by atoms with E-state index in [-0.39, 0.29) is 29.9 Å². The lowest BCUT2D eigenvalue weighted by Crippen LogP contribution is -2.44. The molecule has 1 atom stereocenters. The molecule has 3 amide bonds. The van der Waals surface area contributed by atoms with Crippen LogP contribution in [0, 0.1) is 5.82 Å². The number of fused-ring (bicyclic) bond motifs is 1. The van der Waals surface area contributed by atoms with Crippen LogP contribution in [0.1, 0.15) is 45.4 Å². The van der Waals surface area contributed by atoms with Crippen LogP contribution in [0.2, 0.25) is 0 Å². The average molecular weight is 464 g/mol. The lowest BCUT2D eigenvalue weighted by molar-refractivity contribution is -0.122. The van der Waals surface area contributed by atoms with Crippen molar-refractivity contribution < 1.29 is 18.8 Å². The van der Waals surface area contributed by atoms with E-state index in [1.165, 1.54) is 18.2 Å². The Balaban J connectivity index is 1.37. The minimum atomic E-state index is -0.820. The van der Waals surface area contributed by atoms with E-state index < -0.39 is 11.9 Å². The van der Waals surface area contributed by atoms with Gasteiger partial charge in [0.1, 0.15) is 17.6 Å². The Morgan fingerprint density at radius 3 is 2.53 bits per heavy atom. The van der Waals surface area contributed by atoms with Gasteiger partial charge in [-0.2, -0.15) is 5.10 Å². The molecule has 176 valence electrons. The Morgan fingerprint density at radius 2 is 1.79 bits per heavy atom. The van der Waals surface area contributed by atoms with Gasteiger partial charge in [-0.05, 0) is 36.6 Å². The number of hydrogen-bond donors (Lipinski definition) is 2. The molecule has 2 N–H and O–H groups in total. The molecule has 2 aromatic carbocycles. The van der Waals surface area contributed by atoms with Gasteiger partial charge < -0.3 is 15.5 Å². The number of halogens is 1. The fourth-order valence-electron chi connectivity index (χ4n) is 3.78. The first-order valence-electron chi connectivity index (χ1n) is 11.1. The first-order chi connectivity index (χ1) is 16.4. The van der Waals surface area contributed by atoms with Gasteiger partial charge in [0.15, 0.2) is 5.69 Å². The molecule has 0 radical (unpaired) electrons. The van der Waals surface area contributed by atoms with Crippen molar-refractivity contribution >= 4 is 17.7 Å². The molecule has 4 rings (SSSR count). The Morgan fingerprint density at radius 1 is 1.06 bits per heavy atom. The lowest BCUT2D eigenvalue weighted by atomic mass is 10.2. The van der Waals surface area contributed by atoms with Gasteiger partial charge in [0.2, 0.25) is 5.91 Å². The standard InChI is InChI=1S/C25H26FN5O3/c1-17(23(32)27-15-18-8-10-20(26)11-9-18)28-24(33)21-14-22-25(34)30(12-5-13-31(22)29-21)16-19-6-3-2-4-7-19/h2-4,6-11,14,17H,5,12-13,15-16H2,1H3,(H,27,32)(H,28,33)/t17-/m0/s1. The van der Waals surface area contributed by atoms with Crippen LogP contribution < -0.4 is 10.6 Å². The Labute approximate surface area is 196 Å². The highest BCUT2D eigenvalue weighted by atomic mass is 19.1. The highest BCUT2D eigenvalue weighted by Crippen LogP contribution is 2.17. The highest BCUT2D eigenvalue weighted by Gasteiger charge is 2.27. The van der Waals surface area contributed by atoms with Gasteiger partial charge in [-0.1, -0.05) is 42.5 Å². The molecule has 0 spiro atoms. The van der Waals surface area contributed by atoms with Crippen molar-refractivity contribution in [1.82, 2.24) is 25.3 Å². The molecular weight excluding hydrogens is 437 g/mol. The first kappa shape index (κ1) is 23.2. The average Bonchev–Trinajstić information content (AvgIpc) is 3.21. The molecule has 2 heterocycles. The molecule has 3 aromatic rings. The molecule has 1 aliphatic heterocycles. The van der Waals surface area contributed by atoms with Crippen LogP contribution in [0.5, 0.6) is 0 Å². The number of carbonyl (C=O) groups is 3. The smallest absolute Gasteiger partial charge is 0.272 e. The fraction of sp³-hybridized carbons (Fsp3) is 0.280. The summed E-state index contributed by atoms with van der Waals surface area (Å²) in [7, 11) is 0. The third kappa shape index (κ3) is 5.48. The second kappa shape index (κ2) is 10.3. The fourth-order valence-corrected chi connectivity index (χ4v) is 3.78. The summed E-state index contributed by atoms with van der Waals surface area (Å²) in [5.74, 6) is -1.45. The summed E-state index contributed by atoms with van der Waals surface area (Å²) >= 11 is 0. The maximum Gasteiger partial charge on any atom is 0.272 e. The van der Waals surface area contributed by atoms with E-state index >= 15 is 0 Å². The number of rotatable bonds is 7. The molecule has 34 heavy (non-hydrogen) atoms. The van der Waals surface area contributed by atoms with Crippen molar-refractivity contribution in [1.29, 1.82) is 0 Å². The number of benzene rings is 2. The molecule has 8 nitrogen and oxygen atoms in total. The van der Waals surface area contributed by atoms with E-state index in [4.69, 9.17) is 0 Å². The van der Waals surface area contributed by atoms with E-state index in [1.54, 1.807) is 28.6 Å². The Hall–Kier alpha value is -4.01. The summed E-state index contributed by atoms with van der Waals surface area (Å²) in [5.41, 5.74) is 2.21. The van der Waals surface area contributed by atoms with E-state index in [9.17, 15) is 18.8 Å². The van der Waals surface area contributed by atoms with Gasteiger partial charge in [-0.25, -0.2) is 4.39 Å². The molecule has 0 bridgehead atoms. The van der Waals surface area contributed by atoms with Crippen molar-refractivity contribution in [3.63, 3.8) is 0 Å². The lowest BCUT2D eigenvalue weighted by Gasteiger charge is -2.20. The predicted molar refractivity (Wildman–Crippen MR) is 123 cm³/mol. The number of carbonyl (C=O) groups excluding carboxylic acids is 3. The number of aryl methyl sites for hydroxylation is 1. The number of nitrogens with zero attached hydrogens (tertiary/aromatic N) is 3. The van der Waals surface area contributed by atoms with E-state index in [0.29, 0.717) is 25.3 Å². The van der Waals surface area contributed by atoms with Crippen molar-refractivity contribution in [2.75, 3.05) is 6.54 Å². The molecular formula is C25H26FN5O3. The van der Waals surface area contributed by atoms with Crippen LogP contribution >= 0.6 is 0 Å². The molecule has 0 fully saturated rings. The minimum Gasteiger partial charge on any atom is -0.350 e. The van der Waals surface area contributed by atoms with Crippen LogP contribution in [0.15, 0.2) is 60.7 Å². The van der Waals surface area contributed by atoms with Gasteiger partial charge in [0.25, 0.3) is 11.8 Å². The first-order valence-corrected chi connectivity index (χ1v) is 11.1. The van der Waals surface area contributed by atoms with Gasteiger partial charge in [-0.15, -0.1) is 0 Å². The maximum absolute atomic E-state index is 13.1. The van der Waals surface area contributed by atoms with Crippen LogP contribution in [-0.2, 0) is 24.4 Å². The largest absolute Gasteiger partial charge is 0.350 e. The Bertz CT molecular complexity index is 1180. The summed E-state index contributed by atoms with van der Waals surface area (Å²) in [5, 5.41) is 9.63. The van der Waals surface area contributed by atoms with Crippen LogP contribution in [0.4, 0.5) is 4.39 Å².